The first-order chi connectivity index (χ1) is 8.56. The van der Waals surface area contributed by atoms with Crippen LogP contribution in [0.25, 0.3) is 0 Å². The standard InChI is InChI=1S/C13H17BN2O2/c14-11-5-3-8(4-6-11)9-1-2-10(7-9)12(17)16-13(15)18/h3-6,9-10H,1-2,7,14H2,(H3,15,16,17,18)/t9-,10-/m0/s1. The number of carbonyl (C=O) groups excluding carboxylic acids is 2. The van der Waals surface area contributed by atoms with Crippen LogP contribution in [0.2, 0.25) is 0 Å². The molecule has 1 aromatic rings. The molecule has 0 unspecified atom stereocenters. The first-order valence-corrected chi connectivity index (χ1v) is 6.23. The Balaban J connectivity index is 1.98. The number of rotatable bonds is 2. The molecule has 5 heteroatoms. The molecule has 3 amide bonds. The summed E-state index contributed by atoms with van der Waals surface area (Å²) in [6.45, 7) is 0. The summed E-state index contributed by atoms with van der Waals surface area (Å²) >= 11 is 0. The number of nitrogens with two attached hydrogens (primary N) is 1. The SMILES string of the molecule is Bc1ccc([C@H]2CC[C@H](C(=O)NC(N)=O)C2)cc1. The highest BCUT2D eigenvalue weighted by atomic mass is 16.2. The van der Waals surface area contributed by atoms with Crippen LogP contribution >= 0.6 is 0 Å². The molecule has 3 N–H and O–H groups in total. The monoisotopic (exact) mass is 244 g/mol. The van der Waals surface area contributed by atoms with E-state index in [2.05, 4.69) is 37.4 Å². The Morgan fingerprint density at radius 1 is 1.22 bits per heavy atom. The number of nitrogens with one attached hydrogen (secondary N) is 1. The Bertz CT molecular complexity index is 459. The maximum absolute atomic E-state index is 11.7. The number of primary amides is 1. The van der Waals surface area contributed by atoms with Gasteiger partial charge in [0.1, 0.15) is 7.85 Å². The summed E-state index contributed by atoms with van der Waals surface area (Å²) in [6, 6.07) is 7.65. The second-order valence-corrected chi connectivity index (χ2v) is 4.97. The minimum Gasteiger partial charge on any atom is -0.351 e. The molecule has 0 bridgehead atoms. The van der Waals surface area contributed by atoms with Crippen LogP contribution in [-0.4, -0.2) is 19.8 Å². The summed E-state index contributed by atoms with van der Waals surface area (Å²) in [5, 5.41) is 2.17. The van der Waals surface area contributed by atoms with Crippen LogP contribution in [0.15, 0.2) is 24.3 Å². The summed E-state index contributed by atoms with van der Waals surface area (Å²) in [4.78, 5) is 22.3. The molecule has 0 spiro atoms. The van der Waals surface area contributed by atoms with Crippen molar-refractivity contribution in [2.24, 2.45) is 11.7 Å². The van der Waals surface area contributed by atoms with Crippen molar-refractivity contribution >= 4 is 25.2 Å². The molecular formula is C13H17BN2O2. The van der Waals surface area contributed by atoms with E-state index in [9.17, 15) is 9.59 Å². The molecule has 2 rings (SSSR count). The number of carbonyl (C=O) groups is 2. The van der Waals surface area contributed by atoms with E-state index in [4.69, 9.17) is 5.73 Å². The van der Waals surface area contributed by atoms with Crippen molar-refractivity contribution < 1.29 is 9.59 Å². The van der Waals surface area contributed by atoms with Gasteiger partial charge in [-0.05, 0) is 30.7 Å². The Kier molecular flexibility index (Phi) is 3.70. The van der Waals surface area contributed by atoms with Gasteiger partial charge in [-0.2, -0.15) is 0 Å². The maximum atomic E-state index is 11.7. The molecular weight excluding hydrogens is 227 g/mol. The van der Waals surface area contributed by atoms with Gasteiger partial charge in [0.2, 0.25) is 5.91 Å². The molecule has 1 aromatic carbocycles. The molecule has 0 aromatic heterocycles. The van der Waals surface area contributed by atoms with Crippen LogP contribution in [0.4, 0.5) is 4.79 Å². The zero-order valence-corrected chi connectivity index (χ0v) is 10.5. The van der Waals surface area contributed by atoms with Gasteiger partial charge in [0.15, 0.2) is 0 Å². The zero-order chi connectivity index (χ0) is 13.1. The lowest BCUT2D eigenvalue weighted by molar-refractivity contribution is -0.123. The van der Waals surface area contributed by atoms with Crippen LogP contribution in [0, 0.1) is 5.92 Å². The van der Waals surface area contributed by atoms with Crippen LogP contribution in [0.5, 0.6) is 0 Å². The molecule has 94 valence electrons. The van der Waals surface area contributed by atoms with E-state index in [1.165, 1.54) is 11.0 Å². The number of amides is 3. The van der Waals surface area contributed by atoms with Crippen molar-refractivity contribution in [2.75, 3.05) is 0 Å². The van der Waals surface area contributed by atoms with Gasteiger partial charge in [-0.3, -0.25) is 10.1 Å². The van der Waals surface area contributed by atoms with Gasteiger partial charge in [-0.25, -0.2) is 4.79 Å². The first-order valence-electron chi connectivity index (χ1n) is 6.23. The molecule has 1 aliphatic rings. The lowest BCUT2D eigenvalue weighted by Crippen LogP contribution is -2.38. The third kappa shape index (κ3) is 2.91. The average Bonchev–Trinajstić information content (AvgIpc) is 2.78. The lowest BCUT2D eigenvalue weighted by Gasteiger charge is -2.11. The summed E-state index contributed by atoms with van der Waals surface area (Å²) in [5.41, 5.74) is 7.46. The predicted octanol–water partition coefficient (Wildman–Crippen LogP) is 0.0236. The van der Waals surface area contributed by atoms with Crippen molar-refractivity contribution in [3.63, 3.8) is 0 Å². The van der Waals surface area contributed by atoms with Crippen LogP contribution in [0.3, 0.4) is 0 Å². The Labute approximate surface area is 107 Å². The molecule has 1 saturated carbocycles. The van der Waals surface area contributed by atoms with Gasteiger partial charge in [-0.1, -0.05) is 29.7 Å². The zero-order valence-electron chi connectivity index (χ0n) is 10.5. The van der Waals surface area contributed by atoms with E-state index in [1.807, 2.05) is 0 Å². The largest absolute Gasteiger partial charge is 0.351 e. The molecule has 18 heavy (non-hydrogen) atoms. The van der Waals surface area contributed by atoms with Crippen LogP contribution < -0.4 is 16.5 Å². The molecule has 0 radical (unpaired) electrons. The van der Waals surface area contributed by atoms with Crippen molar-refractivity contribution in [2.45, 2.75) is 25.2 Å². The van der Waals surface area contributed by atoms with Crippen molar-refractivity contribution in [3.05, 3.63) is 29.8 Å². The van der Waals surface area contributed by atoms with E-state index < -0.39 is 6.03 Å². The minimum atomic E-state index is -0.765. The number of benzene rings is 1. The second-order valence-electron chi connectivity index (χ2n) is 4.97. The highest BCUT2D eigenvalue weighted by molar-refractivity contribution is 6.32. The molecule has 0 saturated heterocycles. The van der Waals surface area contributed by atoms with Gasteiger partial charge in [-0.15, -0.1) is 0 Å². The van der Waals surface area contributed by atoms with Crippen LogP contribution in [-0.2, 0) is 4.79 Å². The summed E-state index contributed by atoms with van der Waals surface area (Å²) in [6.07, 6.45) is 2.60. The Morgan fingerprint density at radius 3 is 2.50 bits per heavy atom. The second kappa shape index (κ2) is 5.25. The van der Waals surface area contributed by atoms with E-state index in [0.717, 1.165) is 19.3 Å². The lowest BCUT2D eigenvalue weighted by atomic mass is 9.90. The topological polar surface area (TPSA) is 72.2 Å². The fourth-order valence-corrected chi connectivity index (χ4v) is 2.58. The van der Waals surface area contributed by atoms with Crippen molar-refractivity contribution in [1.29, 1.82) is 0 Å². The normalized spacial score (nSPS) is 22.7. The van der Waals surface area contributed by atoms with Crippen molar-refractivity contribution in [1.82, 2.24) is 5.32 Å². The van der Waals surface area contributed by atoms with E-state index in [-0.39, 0.29) is 11.8 Å². The number of hydrogen-bond donors (Lipinski definition) is 2. The highest BCUT2D eigenvalue weighted by Crippen LogP contribution is 2.37. The number of hydrogen-bond acceptors (Lipinski definition) is 2. The average molecular weight is 244 g/mol. The molecule has 0 heterocycles. The maximum Gasteiger partial charge on any atom is 0.318 e. The molecule has 1 fully saturated rings. The van der Waals surface area contributed by atoms with Gasteiger partial charge in [0, 0.05) is 5.92 Å². The van der Waals surface area contributed by atoms with E-state index in [0.29, 0.717) is 5.92 Å². The highest BCUT2D eigenvalue weighted by Gasteiger charge is 2.31. The predicted molar refractivity (Wildman–Crippen MR) is 72.4 cm³/mol. The van der Waals surface area contributed by atoms with Gasteiger partial charge in [0.05, 0.1) is 0 Å². The quantitative estimate of drug-likeness (QED) is 0.720. The smallest absolute Gasteiger partial charge is 0.318 e. The molecule has 4 nitrogen and oxygen atoms in total. The Hall–Kier alpha value is -1.78. The molecule has 1 aliphatic carbocycles. The third-order valence-electron chi connectivity index (χ3n) is 3.60. The summed E-state index contributed by atoms with van der Waals surface area (Å²) < 4.78 is 0. The van der Waals surface area contributed by atoms with Gasteiger partial charge in [0.25, 0.3) is 0 Å². The Morgan fingerprint density at radius 2 is 1.89 bits per heavy atom. The molecule has 0 aliphatic heterocycles. The summed E-state index contributed by atoms with van der Waals surface area (Å²) in [7, 11) is 2.06. The van der Waals surface area contributed by atoms with Gasteiger partial charge >= 0.3 is 6.03 Å². The fourth-order valence-electron chi connectivity index (χ4n) is 2.58. The number of imide groups is 1. The van der Waals surface area contributed by atoms with Crippen molar-refractivity contribution in [3.8, 4) is 0 Å². The third-order valence-corrected chi connectivity index (χ3v) is 3.60. The van der Waals surface area contributed by atoms with E-state index >= 15 is 0 Å². The molecule has 2 atom stereocenters. The number of urea groups is 1. The minimum absolute atomic E-state index is 0.0937. The van der Waals surface area contributed by atoms with Crippen LogP contribution in [0.1, 0.15) is 30.7 Å². The van der Waals surface area contributed by atoms with E-state index in [1.54, 1.807) is 0 Å². The fraction of sp³-hybridized carbons (Fsp3) is 0.385. The summed E-state index contributed by atoms with van der Waals surface area (Å²) in [5.74, 6) is 0.0788. The van der Waals surface area contributed by atoms with Gasteiger partial charge < -0.3 is 5.73 Å². The first kappa shape index (κ1) is 12.7.